The van der Waals surface area contributed by atoms with E-state index in [0.29, 0.717) is 34.7 Å². The Morgan fingerprint density at radius 3 is 2.35 bits per heavy atom. The Balaban J connectivity index is 1.67. The molecule has 3 aromatic rings. The van der Waals surface area contributed by atoms with Gasteiger partial charge in [-0.3, -0.25) is 9.48 Å². The van der Waals surface area contributed by atoms with Gasteiger partial charge < -0.3 is 10.1 Å². The molecule has 1 N–H and O–H groups in total. The third-order valence-electron chi connectivity index (χ3n) is 4.97. The number of anilines is 1. The van der Waals surface area contributed by atoms with E-state index in [4.69, 9.17) is 10.00 Å². The number of nitrogens with one attached hydrogen (secondary N) is 1. The van der Waals surface area contributed by atoms with E-state index in [2.05, 4.69) is 10.4 Å². The summed E-state index contributed by atoms with van der Waals surface area (Å²) < 4.78 is 7.16. The minimum atomic E-state index is -0.998. The van der Waals surface area contributed by atoms with Crippen molar-refractivity contribution >= 4 is 17.6 Å². The van der Waals surface area contributed by atoms with Crippen LogP contribution in [0.5, 0.6) is 0 Å². The summed E-state index contributed by atoms with van der Waals surface area (Å²) in [5.74, 6) is -1.05. The van der Waals surface area contributed by atoms with Crippen LogP contribution in [0.2, 0.25) is 0 Å². The van der Waals surface area contributed by atoms with Crippen molar-refractivity contribution in [2.24, 2.45) is 0 Å². The first kappa shape index (κ1) is 21.8. The minimum absolute atomic E-state index is 0.366. The standard InChI is InChI=1S/C24H24N4O3/c1-15-5-7-20(8-6-15)14-28-17(3)22(16(2)27-28)24(30)31-18(4)23(29)26-21-11-9-19(13-25)10-12-21/h5-12,18H,14H2,1-4H3,(H,26,29)/t18-/m1/s1. The van der Waals surface area contributed by atoms with Crippen LogP contribution in [0.4, 0.5) is 5.69 Å². The van der Waals surface area contributed by atoms with Gasteiger partial charge in [0.1, 0.15) is 5.56 Å². The van der Waals surface area contributed by atoms with E-state index in [0.717, 1.165) is 5.56 Å². The van der Waals surface area contributed by atoms with Crippen LogP contribution >= 0.6 is 0 Å². The summed E-state index contributed by atoms with van der Waals surface area (Å²) in [5.41, 5.74) is 4.86. The van der Waals surface area contributed by atoms with Gasteiger partial charge in [-0.05, 0) is 57.5 Å². The van der Waals surface area contributed by atoms with Crippen LogP contribution in [0, 0.1) is 32.1 Å². The molecule has 1 heterocycles. The molecule has 7 nitrogen and oxygen atoms in total. The predicted molar refractivity (Wildman–Crippen MR) is 117 cm³/mol. The second-order valence-electron chi connectivity index (χ2n) is 7.42. The van der Waals surface area contributed by atoms with E-state index < -0.39 is 18.0 Å². The van der Waals surface area contributed by atoms with Crippen LogP contribution in [0.25, 0.3) is 0 Å². The van der Waals surface area contributed by atoms with E-state index in [9.17, 15) is 9.59 Å². The third kappa shape index (κ3) is 5.17. The zero-order valence-corrected chi connectivity index (χ0v) is 18.0. The molecule has 0 saturated carbocycles. The third-order valence-corrected chi connectivity index (χ3v) is 4.97. The molecule has 0 unspecified atom stereocenters. The molecular formula is C24H24N4O3. The first-order valence-corrected chi connectivity index (χ1v) is 9.90. The number of amides is 1. The van der Waals surface area contributed by atoms with Crippen LogP contribution < -0.4 is 5.32 Å². The van der Waals surface area contributed by atoms with E-state index in [1.54, 1.807) is 35.9 Å². The highest BCUT2D eigenvalue weighted by molar-refractivity contribution is 5.98. The number of nitrogens with zero attached hydrogens (tertiary/aromatic N) is 3. The molecule has 7 heteroatoms. The second kappa shape index (κ2) is 9.26. The van der Waals surface area contributed by atoms with Gasteiger partial charge in [0.15, 0.2) is 6.10 Å². The molecule has 31 heavy (non-hydrogen) atoms. The molecule has 1 atom stereocenters. The number of nitriles is 1. The first-order chi connectivity index (χ1) is 14.8. The van der Waals surface area contributed by atoms with Crippen LogP contribution in [0.3, 0.4) is 0 Å². The maximum atomic E-state index is 12.8. The number of hydrogen-bond acceptors (Lipinski definition) is 5. The Bertz CT molecular complexity index is 1140. The molecule has 0 aliphatic heterocycles. The van der Waals surface area contributed by atoms with Gasteiger partial charge in [-0.15, -0.1) is 0 Å². The number of esters is 1. The summed E-state index contributed by atoms with van der Waals surface area (Å²) in [6, 6.07) is 16.6. The van der Waals surface area contributed by atoms with Crippen LogP contribution in [0.15, 0.2) is 48.5 Å². The van der Waals surface area contributed by atoms with Gasteiger partial charge in [-0.25, -0.2) is 4.79 Å². The van der Waals surface area contributed by atoms with Crippen LogP contribution in [-0.2, 0) is 16.1 Å². The topological polar surface area (TPSA) is 97.0 Å². The molecule has 0 fully saturated rings. The Kier molecular flexibility index (Phi) is 6.51. The molecule has 0 radical (unpaired) electrons. The molecule has 0 spiro atoms. The molecule has 3 rings (SSSR count). The molecule has 0 aliphatic rings. The highest BCUT2D eigenvalue weighted by atomic mass is 16.5. The Hall–Kier alpha value is -3.92. The number of aryl methyl sites for hydroxylation is 2. The summed E-state index contributed by atoms with van der Waals surface area (Å²) in [6.07, 6.45) is -0.998. The van der Waals surface area contributed by atoms with Gasteiger partial charge in [0.05, 0.1) is 29.6 Å². The van der Waals surface area contributed by atoms with Crippen molar-refractivity contribution < 1.29 is 14.3 Å². The Morgan fingerprint density at radius 2 is 1.74 bits per heavy atom. The summed E-state index contributed by atoms with van der Waals surface area (Å²) >= 11 is 0. The lowest BCUT2D eigenvalue weighted by molar-refractivity contribution is -0.123. The summed E-state index contributed by atoms with van der Waals surface area (Å²) in [5, 5.41) is 16.0. The fraction of sp³-hybridized carbons (Fsp3) is 0.250. The smallest absolute Gasteiger partial charge is 0.342 e. The predicted octanol–water partition coefficient (Wildman–Crippen LogP) is 3.91. The number of benzene rings is 2. The summed E-state index contributed by atoms with van der Waals surface area (Å²) in [7, 11) is 0. The largest absolute Gasteiger partial charge is 0.449 e. The molecule has 158 valence electrons. The van der Waals surface area contributed by atoms with Gasteiger partial charge in [-0.2, -0.15) is 10.4 Å². The molecular weight excluding hydrogens is 392 g/mol. The van der Waals surface area contributed by atoms with Crippen molar-refractivity contribution in [3.8, 4) is 6.07 Å². The van der Waals surface area contributed by atoms with Gasteiger partial charge in [0, 0.05) is 5.69 Å². The normalized spacial score (nSPS) is 11.5. The average molecular weight is 416 g/mol. The highest BCUT2D eigenvalue weighted by Gasteiger charge is 2.24. The molecule has 0 bridgehead atoms. The monoisotopic (exact) mass is 416 g/mol. The van der Waals surface area contributed by atoms with E-state index in [1.165, 1.54) is 12.5 Å². The number of carbonyl (C=O) groups is 2. The maximum absolute atomic E-state index is 12.8. The zero-order chi connectivity index (χ0) is 22.5. The molecule has 1 aromatic heterocycles. The fourth-order valence-corrected chi connectivity index (χ4v) is 3.16. The van der Waals surface area contributed by atoms with E-state index >= 15 is 0 Å². The molecule has 0 saturated heterocycles. The number of aromatic nitrogens is 2. The lowest BCUT2D eigenvalue weighted by Crippen LogP contribution is -2.30. The summed E-state index contributed by atoms with van der Waals surface area (Å²) in [4.78, 5) is 25.2. The quantitative estimate of drug-likeness (QED) is 0.615. The number of carbonyl (C=O) groups excluding carboxylic acids is 2. The zero-order valence-electron chi connectivity index (χ0n) is 18.0. The Morgan fingerprint density at radius 1 is 1.10 bits per heavy atom. The lowest BCUT2D eigenvalue weighted by atomic mass is 10.1. The van der Waals surface area contributed by atoms with Crippen LogP contribution in [0.1, 0.15) is 45.4 Å². The second-order valence-corrected chi connectivity index (χ2v) is 7.42. The number of ether oxygens (including phenoxy) is 1. The lowest BCUT2D eigenvalue weighted by Gasteiger charge is -2.14. The molecule has 0 aliphatic carbocycles. The van der Waals surface area contributed by atoms with Crippen molar-refractivity contribution in [2.45, 2.75) is 40.3 Å². The van der Waals surface area contributed by atoms with E-state index in [1.807, 2.05) is 44.2 Å². The minimum Gasteiger partial charge on any atom is -0.449 e. The first-order valence-electron chi connectivity index (χ1n) is 9.90. The van der Waals surface area contributed by atoms with E-state index in [-0.39, 0.29) is 0 Å². The maximum Gasteiger partial charge on any atom is 0.342 e. The molecule has 1 amide bonds. The van der Waals surface area contributed by atoms with Gasteiger partial charge in [0.2, 0.25) is 0 Å². The SMILES string of the molecule is Cc1ccc(Cn2nc(C)c(C(=O)O[C@H](C)C(=O)Nc3ccc(C#N)cc3)c2C)cc1. The average Bonchev–Trinajstić information content (AvgIpc) is 3.03. The van der Waals surface area contributed by atoms with Crippen molar-refractivity contribution in [2.75, 3.05) is 5.32 Å². The van der Waals surface area contributed by atoms with Crippen molar-refractivity contribution in [3.05, 3.63) is 82.2 Å². The molecule has 2 aromatic carbocycles. The van der Waals surface area contributed by atoms with Gasteiger partial charge >= 0.3 is 5.97 Å². The van der Waals surface area contributed by atoms with Crippen LogP contribution in [-0.4, -0.2) is 27.8 Å². The summed E-state index contributed by atoms with van der Waals surface area (Å²) in [6.45, 7) is 7.64. The highest BCUT2D eigenvalue weighted by Crippen LogP contribution is 2.18. The van der Waals surface area contributed by atoms with Crippen molar-refractivity contribution in [1.82, 2.24) is 9.78 Å². The number of rotatable bonds is 6. The van der Waals surface area contributed by atoms with Gasteiger partial charge in [0.25, 0.3) is 5.91 Å². The van der Waals surface area contributed by atoms with Crippen molar-refractivity contribution in [1.29, 1.82) is 5.26 Å². The van der Waals surface area contributed by atoms with Gasteiger partial charge in [-0.1, -0.05) is 29.8 Å². The van der Waals surface area contributed by atoms with Crippen molar-refractivity contribution in [3.63, 3.8) is 0 Å². The number of hydrogen-bond donors (Lipinski definition) is 1. The Labute approximate surface area is 181 Å². The fourth-order valence-electron chi connectivity index (χ4n) is 3.16.